The Morgan fingerprint density at radius 3 is 2.14 bits per heavy atom. The number of carbonyl (C=O) groups excluding carboxylic acids is 1. The molecule has 1 amide bonds. The summed E-state index contributed by atoms with van der Waals surface area (Å²) >= 11 is 5.45. The van der Waals surface area contributed by atoms with E-state index in [1.807, 2.05) is 30.3 Å². The molecule has 28 heavy (non-hydrogen) atoms. The quantitative estimate of drug-likeness (QED) is 0.722. The van der Waals surface area contributed by atoms with Crippen LogP contribution in [0.4, 0.5) is 5.69 Å². The smallest absolute Gasteiger partial charge is 0.232 e. The zero-order valence-corrected chi connectivity index (χ0v) is 16.8. The molecule has 0 radical (unpaired) electrons. The third-order valence-electron chi connectivity index (χ3n) is 7.19. The Morgan fingerprint density at radius 2 is 1.50 bits per heavy atom. The van der Waals surface area contributed by atoms with Crippen molar-refractivity contribution in [1.82, 2.24) is 5.32 Å². The highest BCUT2D eigenvalue weighted by molar-refractivity contribution is 7.80. The van der Waals surface area contributed by atoms with Crippen molar-refractivity contribution in [3.05, 3.63) is 66.2 Å². The Hall–Kier alpha value is -2.20. The number of thiocarbonyl (C=S) groups is 1. The van der Waals surface area contributed by atoms with E-state index in [-0.39, 0.29) is 16.7 Å². The second-order valence-electron chi connectivity index (χ2n) is 9.16. The minimum atomic E-state index is -0.275. The summed E-state index contributed by atoms with van der Waals surface area (Å²) in [6.45, 7) is 0. The van der Waals surface area contributed by atoms with E-state index in [4.69, 9.17) is 12.2 Å². The van der Waals surface area contributed by atoms with Crippen LogP contribution in [0.25, 0.3) is 0 Å². The third kappa shape index (κ3) is 3.04. The summed E-state index contributed by atoms with van der Waals surface area (Å²) in [5, 5.41) is 6.58. The van der Waals surface area contributed by atoms with Gasteiger partial charge in [-0.3, -0.25) is 4.79 Å². The van der Waals surface area contributed by atoms with Gasteiger partial charge < -0.3 is 10.6 Å². The van der Waals surface area contributed by atoms with Crippen LogP contribution < -0.4 is 10.6 Å². The van der Waals surface area contributed by atoms with Gasteiger partial charge in [-0.25, -0.2) is 0 Å². The van der Waals surface area contributed by atoms with Crippen LogP contribution in [-0.4, -0.2) is 11.0 Å². The Labute approximate surface area is 171 Å². The molecule has 4 saturated carbocycles. The van der Waals surface area contributed by atoms with Crippen molar-refractivity contribution in [3.63, 3.8) is 0 Å². The average Bonchev–Trinajstić information content (AvgIpc) is 2.68. The van der Waals surface area contributed by atoms with Crippen LogP contribution in [0.3, 0.4) is 0 Å². The Bertz CT molecular complexity index is 881. The number of carbonyl (C=O) groups is 1. The molecular formula is C24H26N2OS. The van der Waals surface area contributed by atoms with E-state index in [2.05, 4.69) is 41.0 Å². The van der Waals surface area contributed by atoms with Crippen molar-refractivity contribution in [2.45, 2.75) is 43.9 Å². The Morgan fingerprint density at radius 1 is 0.893 bits per heavy atom. The van der Waals surface area contributed by atoms with Crippen molar-refractivity contribution in [3.8, 4) is 0 Å². The summed E-state index contributed by atoms with van der Waals surface area (Å²) in [5.74, 6) is 1.43. The van der Waals surface area contributed by atoms with Gasteiger partial charge in [0.25, 0.3) is 0 Å². The van der Waals surface area contributed by atoms with E-state index in [1.54, 1.807) is 0 Å². The van der Waals surface area contributed by atoms with Crippen molar-refractivity contribution < 1.29 is 4.79 Å². The van der Waals surface area contributed by atoms with Crippen LogP contribution in [0, 0.1) is 17.3 Å². The highest BCUT2D eigenvalue weighted by Crippen LogP contribution is 2.65. The van der Waals surface area contributed by atoms with E-state index in [0.29, 0.717) is 16.9 Å². The predicted octanol–water partition coefficient (Wildman–Crippen LogP) is 5.04. The first-order valence-corrected chi connectivity index (χ1v) is 10.7. The lowest BCUT2D eigenvalue weighted by Crippen LogP contribution is -2.59. The van der Waals surface area contributed by atoms with Gasteiger partial charge in [0.05, 0.1) is 5.41 Å². The van der Waals surface area contributed by atoms with Gasteiger partial charge in [0.1, 0.15) is 0 Å². The summed E-state index contributed by atoms with van der Waals surface area (Å²) in [7, 11) is 0. The SMILES string of the molecule is O=C(NC(=S)Nc1ccccc1)C12C[C@@H]3C[C@@H](C1)CC(c1ccccc1)(C3)C2. The molecule has 0 spiro atoms. The molecule has 2 atom stereocenters. The maximum absolute atomic E-state index is 13.4. The van der Waals surface area contributed by atoms with Crippen LogP contribution in [0.5, 0.6) is 0 Å². The second-order valence-corrected chi connectivity index (χ2v) is 9.57. The monoisotopic (exact) mass is 390 g/mol. The highest BCUT2D eigenvalue weighted by Gasteiger charge is 2.60. The average molecular weight is 391 g/mol. The number of amides is 1. The zero-order valence-electron chi connectivity index (χ0n) is 16.0. The summed E-state index contributed by atoms with van der Waals surface area (Å²) in [5.41, 5.74) is 2.21. The number of anilines is 1. The molecule has 4 heteroatoms. The van der Waals surface area contributed by atoms with Crippen LogP contribution >= 0.6 is 12.2 Å². The lowest BCUT2D eigenvalue weighted by molar-refractivity contribution is -0.147. The van der Waals surface area contributed by atoms with E-state index < -0.39 is 0 Å². The van der Waals surface area contributed by atoms with Gasteiger partial charge >= 0.3 is 0 Å². The van der Waals surface area contributed by atoms with Gasteiger partial charge in [-0.15, -0.1) is 0 Å². The summed E-state index contributed by atoms with van der Waals surface area (Å²) < 4.78 is 0. The van der Waals surface area contributed by atoms with E-state index in [1.165, 1.54) is 24.8 Å². The summed E-state index contributed by atoms with van der Waals surface area (Å²) in [6.07, 6.45) is 6.73. The minimum Gasteiger partial charge on any atom is -0.332 e. The van der Waals surface area contributed by atoms with E-state index in [0.717, 1.165) is 24.9 Å². The Balaban J connectivity index is 1.37. The molecule has 0 aromatic heterocycles. The van der Waals surface area contributed by atoms with Gasteiger partial charge in [-0.1, -0.05) is 48.5 Å². The molecule has 4 bridgehead atoms. The normalized spacial score (nSPS) is 32.7. The molecule has 4 fully saturated rings. The van der Waals surface area contributed by atoms with Crippen LogP contribution in [-0.2, 0) is 10.2 Å². The molecule has 0 aliphatic heterocycles. The largest absolute Gasteiger partial charge is 0.332 e. The maximum Gasteiger partial charge on any atom is 0.232 e. The molecule has 6 rings (SSSR count). The Kier molecular flexibility index (Phi) is 4.27. The number of para-hydroxylation sites is 1. The number of hydrogen-bond donors (Lipinski definition) is 2. The van der Waals surface area contributed by atoms with Gasteiger partial charge in [0.2, 0.25) is 5.91 Å². The number of benzene rings is 2. The topological polar surface area (TPSA) is 41.1 Å². The van der Waals surface area contributed by atoms with Gasteiger partial charge in [-0.05, 0) is 85.7 Å². The molecule has 0 saturated heterocycles. The molecule has 2 aromatic carbocycles. The number of hydrogen-bond acceptors (Lipinski definition) is 2. The van der Waals surface area contributed by atoms with Crippen LogP contribution in [0.1, 0.15) is 44.1 Å². The third-order valence-corrected chi connectivity index (χ3v) is 7.39. The van der Waals surface area contributed by atoms with Crippen LogP contribution in [0.15, 0.2) is 60.7 Å². The first kappa shape index (κ1) is 17.9. The van der Waals surface area contributed by atoms with Crippen molar-refractivity contribution in [1.29, 1.82) is 0 Å². The molecule has 4 aliphatic carbocycles. The maximum atomic E-state index is 13.4. The van der Waals surface area contributed by atoms with E-state index >= 15 is 0 Å². The number of rotatable bonds is 3. The molecule has 2 N–H and O–H groups in total. The van der Waals surface area contributed by atoms with Crippen molar-refractivity contribution in [2.75, 3.05) is 5.32 Å². The molecule has 4 aliphatic rings. The molecule has 3 nitrogen and oxygen atoms in total. The van der Waals surface area contributed by atoms with E-state index in [9.17, 15) is 4.79 Å². The fourth-order valence-corrected chi connectivity index (χ4v) is 6.79. The van der Waals surface area contributed by atoms with Gasteiger partial charge in [-0.2, -0.15) is 0 Å². The summed E-state index contributed by atoms with van der Waals surface area (Å²) in [6, 6.07) is 20.7. The van der Waals surface area contributed by atoms with Crippen molar-refractivity contribution >= 4 is 28.9 Å². The molecule has 144 valence electrons. The molecule has 0 unspecified atom stereocenters. The highest BCUT2D eigenvalue weighted by atomic mass is 32.1. The fourth-order valence-electron chi connectivity index (χ4n) is 6.58. The molecular weight excluding hydrogens is 364 g/mol. The lowest BCUT2D eigenvalue weighted by Gasteiger charge is -2.61. The van der Waals surface area contributed by atoms with Crippen LogP contribution in [0.2, 0.25) is 0 Å². The standard InChI is InChI=1S/C24H26N2OS/c27-21(26-22(28)25-20-9-5-2-6-10-20)24-14-17-11-18(15-24)13-23(12-17,16-24)19-7-3-1-4-8-19/h1-10,17-18H,11-16H2,(H2,25,26,27,28)/t17-,18-,23?,24?/m1/s1. The molecule has 0 heterocycles. The van der Waals surface area contributed by atoms with Crippen molar-refractivity contribution in [2.24, 2.45) is 17.3 Å². The van der Waals surface area contributed by atoms with Gasteiger partial charge in [0, 0.05) is 5.69 Å². The fraction of sp³-hybridized carbons (Fsp3) is 0.417. The summed E-state index contributed by atoms with van der Waals surface area (Å²) in [4.78, 5) is 13.4. The minimum absolute atomic E-state index is 0.121. The lowest BCUT2D eigenvalue weighted by atomic mass is 9.42. The first-order valence-electron chi connectivity index (χ1n) is 10.3. The first-order chi connectivity index (χ1) is 13.6. The predicted molar refractivity (Wildman–Crippen MR) is 116 cm³/mol. The second kappa shape index (κ2) is 6.70. The van der Waals surface area contributed by atoms with Gasteiger partial charge in [0.15, 0.2) is 5.11 Å². The number of nitrogens with one attached hydrogen (secondary N) is 2. The molecule has 2 aromatic rings. The zero-order chi connectivity index (χ0) is 19.2.